The van der Waals surface area contributed by atoms with Gasteiger partial charge in [0.2, 0.25) is 0 Å². The lowest BCUT2D eigenvalue weighted by Crippen LogP contribution is -2.14. The van der Waals surface area contributed by atoms with Crippen LogP contribution < -0.4 is 5.32 Å². The van der Waals surface area contributed by atoms with Gasteiger partial charge < -0.3 is 5.32 Å². The summed E-state index contributed by atoms with van der Waals surface area (Å²) in [4.78, 5) is 34.5. The van der Waals surface area contributed by atoms with Gasteiger partial charge in [0, 0.05) is 23.3 Å². The first-order chi connectivity index (χ1) is 11.5. The molecule has 0 unspecified atom stereocenters. The first-order valence-corrected chi connectivity index (χ1v) is 6.78. The van der Waals surface area contributed by atoms with Crippen LogP contribution in [0.15, 0.2) is 43.2 Å². The predicted molar refractivity (Wildman–Crippen MR) is 82.7 cm³/mol. The molecule has 2 aromatic heterocycles. The number of nitrogens with one attached hydrogen (secondary N) is 1. The van der Waals surface area contributed by atoms with Crippen LogP contribution in [-0.2, 0) is 0 Å². The van der Waals surface area contributed by atoms with E-state index in [0.717, 1.165) is 0 Å². The molecule has 0 aliphatic rings. The van der Waals surface area contributed by atoms with Crippen molar-refractivity contribution >= 4 is 17.4 Å². The molecular weight excluding hydrogens is 314 g/mol. The van der Waals surface area contributed by atoms with E-state index in [4.69, 9.17) is 0 Å². The van der Waals surface area contributed by atoms with Gasteiger partial charge in [-0.15, -0.1) is 0 Å². The molecule has 0 atom stereocenters. The number of rotatable bonds is 4. The molecule has 0 saturated heterocycles. The van der Waals surface area contributed by atoms with Crippen molar-refractivity contribution in [2.24, 2.45) is 0 Å². The normalized spacial score (nSPS) is 10.4. The third-order valence-electron chi connectivity index (χ3n) is 3.22. The Morgan fingerprint density at radius 2 is 2.08 bits per heavy atom. The maximum Gasteiger partial charge on any atom is 0.273 e. The van der Waals surface area contributed by atoms with Crippen molar-refractivity contribution in [2.45, 2.75) is 6.92 Å². The number of nitro benzene ring substituents is 1. The molecule has 10 nitrogen and oxygen atoms in total. The first kappa shape index (κ1) is 15.2. The number of benzene rings is 1. The second-order valence-electron chi connectivity index (χ2n) is 4.81. The minimum absolute atomic E-state index is 0.117. The average molecular weight is 325 g/mol. The van der Waals surface area contributed by atoms with Crippen molar-refractivity contribution in [2.75, 3.05) is 5.32 Å². The molecule has 24 heavy (non-hydrogen) atoms. The third-order valence-corrected chi connectivity index (χ3v) is 3.22. The highest BCUT2D eigenvalue weighted by atomic mass is 16.6. The van der Waals surface area contributed by atoms with E-state index in [9.17, 15) is 14.9 Å². The lowest BCUT2D eigenvalue weighted by molar-refractivity contribution is -0.385. The third kappa shape index (κ3) is 3.06. The Morgan fingerprint density at radius 3 is 2.79 bits per heavy atom. The van der Waals surface area contributed by atoms with Crippen LogP contribution in [0, 0.1) is 17.0 Å². The monoisotopic (exact) mass is 325 g/mol. The van der Waals surface area contributed by atoms with Crippen molar-refractivity contribution in [1.82, 2.24) is 24.7 Å². The molecule has 0 saturated carbocycles. The summed E-state index contributed by atoms with van der Waals surface area (Å²) in [5.41, 5.74) is 0.522. The van der Waals surface area contributed by atoms with Gasteiger partial charge in [0.25, 0.3) is 11.6 Å². The second kappa shape index (κ2) is 6.20. The van der Waals surface area contributed by atoms with Crippen LogP contribution in [0.25, 0.3) is 5.82 Å². The molecule has 0 fully saturated rings. The summed E-state index contributed by atoms with van der Waals surface area (Å²) >= 11 is 0. The molecule has 1 aromatic carbocycles. The Labute approximate surface area is 135 Å². The highest BCUT2D eigenvalue weighted by Crippen LogP contribution is 2.20. The quantitative estimate of drug-likeness (QED) is 0.568. The van der Waals surface area contributed by atoms with Crippen molar-refractivity contribution in [3.05, 3.63) is 64.5 Å². The summed E-state index contributed by atoms with van der Waals surface area (Å²) in [6, 6.07) is 5.77. The minimum Gasteiger partial charge on any atom is -0.306 e. The molecule has 120 valence electrons. The summed E-state index contributed by atoms with van der Waals surface area (Å²) < 4.78 is 1.41. The Morgan fingerprint density at radius 1 is 1.25 bits per heavy atom. The summed E-state index contributed by atoms with van der Waals surface area (Å²) in [6.07, 6.45) is 4.08. The maximum absolute atomic E-state index is 12.3. The van der Waals surface area contributed by atoms with Crippen LogP contribution in [0.2, 0.25) is 0 Å². The highest BCUT2D eigenvalue weighted by molar-refractivity contribution is 6.04. The molecule has 0 aliphatic heterocycles. The summed E-state index contributed by atoms with van der Waals surface area (Å²) in [5, 5.41) is 17.5. The number of nitro groups is 1. The topological polar surface area (TPSA) is 129 Å². The fourth-order valence-corrected chi connectivity index (χ4v) is 2.00. The molecule has 1 amide bonds. The maximum atomic E-state index is 12.3. The highest BCUT2D eigenvalue weighted by Gasteiger charge is 2.15. The number of carbonyl (C=O) groups is 1. The Balaban J connectivity index is 1.84. The minimum atomic E-state index is -0.528. The summed E-state index contributed by atoms with van der Waals surface area (Å²) in [5.74, 6) is 0.151. The van der Waals surface area contributed by atoms with E-state index in [1.54, 1.807) is 6.92 Å². The van der Waals surface area contributed by atoms with Gasteiger partial charge in [-0.2, -0.15) is 5.10 Å². The van der Waals surface area contributed by atoms with Crippen LogP contribution in [0.3, 0.4) is 0 Å². The van der Waals surface area contributed by atoms with Crippen molar-refractivity contribution in [1.29, 1.82) is 0 Å². The van der Waals surface area contributed by atoms with Gasteiger partial charge in [-0.3, -0.25) is 14.9 Å². The fraction of sp³-hybridized carbons (Fsp3) is 0.0714. The van der Waals surface area contributed by atoms with Gasteiger partial charge in [-0.25, -0.2) is 19.6 Å². The van der Waals surface area contributed by atoms with E-state index in [1.807, 2.05) is 0 Å². The van der Waals surface area contributed by atoms with Gasteiger partial charge in [0.15, 0.2) is 5.82 Å². The van der Waals surface area contributed by atoms with Crippen LogP contribution in [0.5, 0.6) is 0 Å². The molecule has 0 spiro atoms. The smallest absolute Gasteiger partial charge is 0.273 e. The molecule has 3 rings (SSSR count). The predicted octanol–water partition coefficient (Wildman–Crippen LogP) is 1.53. The van der Waals surface area contributed by atoms with Crippen molar-refractivity contribution in [3.63, 3.8) is 0 Å². The van der Waals surface area contributed by atoms with Gasteiger partial charge in [0.05, 0.1) is 4.92 Å². The van der Waals surface area contributed by atoms with Crippen molar-refractivity contribution in [3.8, 4) is 5.82 Å². The van der Waals surface area contributed by atoms with Gasteiger partial charge >= 0.3 is 0 Å². The Kier molecular flexibility index (Phi) is 3.93. The SMILES string of the molecule is Cc1ccc(C(=O)Nc2cc(-n3cncn3)ncn2)cc1[N+](=O)[O-]. The number of amides is 1. The zero-order valence-corrected chi connectivity index (χ0v) is 12.4. The molecule has 0 aliphatic carbocycles. The molecule has 2 heterocycles. The van der Waals surface area contributed by atoms with E-state index in [-0.39, 0.29) is 17.1 Å². The number of hydrogen-bond donors (Lipinski definition) is 1. The van der Waals surface area contributed by atoms with Crippen molar-refractivity contribution < 1.29 is 9.72 Å². The number of aromatic nitrogens is 5. The molecule has 0 radical (unpaired) electrons. The second-order valence-corrected chi connectivity index (χ2v) is 4.81. The van der Waals surface area contributed by atoms with Gasteiger partial charge in [-0.05, 0) is 13.0 Å². The zero-order chi connectivity index (χ0) is 17.1. The molecule has 10 heteroatoms. The number of hydrogen-bond acceptors (Lipinski definition) is 7. The summed E-state index contributed by atoms with van der Waals surface area (Å²) in [6.45, 7) is 1.61. The number of aryl methyl sites for hydroxylation is 1. The summed E-state index contributed by atoms with van der Waals surface area (Å²) in [7, 11) is 0. The van der Waals surface area contributed by atoms with E-state index in [1.165, 1.54) is 47.9 Å². The zero-order valence-electron chi connectivity index (χ0n) is 12.4. The van der Waals surface area contributed by atoms with E-state index >= 15 is 0 Å². The first-order valence-electron chi connectivity index (χ1n) is 6.78. The van der Waals surface area contributed by atoms with Gasteiger partial charge in [0.1, 0.15) is 24.8 Å². The Bertz CT molecular complexity index is 908. The lowest BCUT2D eigenvalue weighted by atomic mass is 10.1. The van der Waals surface area contributed by atoms with Crippen LogP contribution in [0.1, 0.15) is 15.9 Å². The standard InChI is InChI=1S/C14H11N7O3/c1-9-2-3-10(4-11(9)21(23)24)14(22)19-12-5-13(17-7-16-12)20-8-15-6-18-20/h2-8H,1H3,(H,16,17,19,22). The fourth-order valence-electron chi connectivity index (χ4n) is 2.00. The lowest BCUT2D eigenvalue weighted by Gasteiger charge is -2.06. The molecular formula is C14H11N7O3. The van der Waals surface area contributed by atoms with E-state index < -0.39 is 10.8 Å². The number of anilines is 1. The molecule has 0 bridgehead atoms. The largest absolute Gasteiger partial charge is 0.306 e. The van der Waals surface area contributed by atoms with E-state index in [0.29, 0.717) is 11.4 Å². The van der Waals surface area contributed by atoms with Crippen LogP contribution >= 0.6 is 0 Å². The number of carbonyl (C=O) groups excluding carboxylic acids is 1. The van der Waals surface area contributed by atoms with Crippen LogP contribution in [-0.4, -0.2) is 35.6 Å². The van der Waals surface area contributed by atoms with E-state index in [2.05, 4.69) is 25.4 Å². The van der Waals surface area contributed by atoms with Gasteiger partial charge in [-0.1, -0.05) is 6.07 Å². The Hall–Kier alpha value is -3.69. The molecule has 3 aromatic rings. The molecule has 1 N–H and O–H groups in total. The van der Waals surface area contributed by atoms with Crippen LogP contribution in [0.4, 0.5) is 11.5 Å². The number of nitrogens with zero attached hydrogens (tertiary/aromatic N) is 6. The average Bonchev–Trinajstić information content (AvgIpc) is 3.09.